The summed E-state index contributed by atoms with van der Waals surface area (Å²) in [5, 5.41) is 8.97. The zero-order valence-corrected chi connectivity index (χ0v) is 8.73. The Hall–Kier alpha value is -1.78. The third-order valence-corrected chi connectivity index (χ3v) is 2.41. The minimum absolute atomic E-state index is 0.337. The van der Waals surface area contributed by atoms with Crippen molar-refractivity contribution in [3.05, 3.63) is 28.2 Å². The quantitative estimate of drug-likeness (QED) is 0.771. The second-order valence-corrected chi connectivity index (χ2v) is 3.34. The van der Waals surface area contributed by atoms with E-state index in [4.69, 9.17) is 10.8 Å². The summed E-state index contributed by atoms with van der Waals surface area (Å²) in [5.74, 6) is -1.02. The Morgan fingerprint density at radius 1 is 1.60 bits per heavy atom. The molecule has 0 aliphatic carbocycles. The first-order chi connectivity index (χ1) is 6.99. The standard InChI is InChI=1S/C10H14N2O3/c1-3-8(10(14)15)12-6(2)7(11)4-5-9(12)13/h4-5,8H,3,11H2,1-2H3,(H,14,15). The summed E-state index contributed by atoms with van der Waals surface area (Å²) in [6.07, 6.45) is 0.347. The minimum Gasteiger partial charge on any atom is -0.480 e. The van der Waals surface area contributed by atoms with Crippen LogP contribution in [0, 0.1) is 6.92 Å². The molecule has 1 rings (SSSR count). The van der Waals surface area contributed by atoms with Gasteiger partial charge in [0.25, 0.3) is 5.56 Å². The second kappa shape index (κ2) is 4.16. The predicted molar refractivity (Wildman–Crippen MR) is 56.8 cm³/mol. The summed E-state index contributed by atoms with van der Waals surface area (Å²) in [5.41, 5.74) is 6.21. The Balaban J connectivity index is 3.41. The van der Waals surface area contributed by atoms with Crippen LogP contribution >= 0.6 is 0 Å². The maximum absolute atomic E-state index is 11.5. The molecule has 5 heteroatoms. The number of aromatic nitrogens is 1. The molecule has 0 amide bonds. The number of aliphatic carboxylic acids is 1. The Morgan fingerprint density at radius 2 is 2.20 bits per heavy atom. The second-order valence-electron chi connectivity index (χ2n) is 3.34. The van der Waals surface area contributed by atoms with Crippen molar-refractivity contribution in [2.75, 3.05) is 5.73 Å². The topological polar surface area (TPSA) is 85.3 Å². The smallest absolute Gasteiger partial charge is 0.326 e. The lowest BCUT2D eigenvalue weighted by atomic mass is 10.2. The number of carbonyl (C=O) groups is 1. The van der Waals surface area contributed by atoms with E-state index in [1.54, 1.807) is 13.8 Å². The molecule has 0 radical (unpaired) electrons. The van der Waals surface area contributed by atoms with Crippen molar-refractivity contribution < 1.29 is 9.90 Å². The molecule has 1 atom stereocenters. The molecule has 0 aliphatic heterocycles. The summed E-state index contributed by atoms with van der Waals surface area (Å²) in [4.78, 5) is 22.5. The molecule has 0 spiro atoms. The molecule has 82 valence electrons. The van der Waals surface area contributed by atoms with Gasteiger partial charge in [0.1, 0.15) is 6.04 Å². The maximum Gasteiger partial charge on any atom is 0.326 e. The Morgan fingerprint density at radius 3 is 2.67 bits per heavy atom. The van der Waals surface area contributed by atoms with Crippen molar-refractivity contribution in [1.29, 1.82) is 0 Å². The fraction of sp³-hybridized carbons (Fsp3) is 0.400. The van der Waals surface area contributed by atoms with E-state index in [9.17, 15) is 9.59 Å². The number of nitrogens with two attached hydrogens (primary N) is 1. The van der Waals surface area contributed by atoms with E-state index in [2.05, 4.69) is 0 Å². The van der Waals surface area contributed by atoms with E-state index in [-0.39, 0.29) is 5.56 Å². The van der Waals surface area contributed by atoms with Crippen molar-refractivity contribution in [1.82, 2.24) is 4.57 Å². The Bertz CT molecular complexity index is 437. The van der Waals surface area contributed by atoms with E-state index < -0.39 is 12.0 Å². The molecule has 0 fully saturated rings. The zero-order valence-electron chi connectivity index (χ0n) is 8.73. The van der Waals surface area contributed by atoms with Crippen LogP contribution in [0.2, 0.25) is 0 Å². The van der Waals surface area contributed by atoms with E-state index in [1.807, 2.05) is 0 Å². The van der Waals surface area contributed by atoms with E-state index >= 15 is 0 Å². The number of nitrogens with zero attached hydrogens (tertiary/aromatic N) is 1. The van der Waals surface area contributed by atoms with Crippen molar-refractivity contribution in [2.24, 2.45) is 0 Å². The first-order valence-electron chi connectivity index (χ1n) is 4.69. The minimum atomic E-state index is -1.02. The summed E-state index contributed by atoms with van der Waals surface area (Å²) in [6, 6.07) is 1.93. The van der Waals surface area contributed by atoms with Gasteiger partial charge in [-0.3, -0.25) is 9.36 Å². The monoisotopic (exact) mass is 210 g/mol. The van der Waals surface area contributed by atoms with Crippen LogP contribution in [-0.4, -0.2) is 15.6 Å². The molecule has 1 heterocycles. The first kappa shape index (κ1) is 11.3. The molecular weight excluding hydrogens is 196 g/mol. The highest BCUT2D eigenvalue weighted by atomic mass is 16.4. The van der Waals surface area contributed by atoms with E-state index in [1.165, 1.54) is 16.7 Å². The van der Waals surface area contributed by atoms with Crippen LogP contribution in [0.1, 0.15) is 25.1 Å². The number of carboxylic acids is 1. The van der Waals surface area contributed by atoms with E-state index in [0.29, 0.717) is 17.8 Å². The third kappa shape index (κ3) is 2.01. The average Bonchev–Trinajstić information content (AvgIpc) is 2.18. The number of hydrogen-bond acceptors (Lipinski definition) is 3. The van der Waals surface area contributed by atoms with Crippen molar-refractivity contribution >= 4 is 11.7 Å². The lowest BCUT2D eigenvalue weighted by Gasteiger charge is -2.17. The fourth-order valence-electron chi connectivity index (χ4n) is 1.52. The van der Waals surface area contributed by atoms with Gasteiger partial charge in [0.05, 0.1) is 5.69 Å². The van der Waals surface area contributed by atoms with Gasteiger partial charge in [0, 0.05) is 11.8 Å². The average molecular weight is 210 g/mol. The van der Waals surface area contributed by atoms with Crippen molar-refractivity contribution in [3.63, 3.8) is 0 Å². The van der Waals surface area contributed by atoms with Crippen LogP contribution in [0.25, 0.3) is 0 Å². The lowest BCUT2D eigenvalue weighted by molar-refractivity contribution is -0.141. The third-order valence-electron chi connectivity index (χ3n) is 2.41. The van der Waals surface area contributed by atoms with Gasteiger partial charge >= 0.3 is 5.97 Å². The maximum atomic E-state index is 11.5. The van der Waals surface area contributed by atoms with Crippen LogP contribution in [0.5, 0.6) is 0 Å². The first-order valence-corrected chi connectivity index (χ1v) is 4.69. The Labute approximate surface area is 87.1 Å². The predicted octanol–water partition coefficient (Wildman–Crippen LogP) is 0.775. The lowest BCUT2D eigenvalue weighted by Crippen LogP contribution is -2.31. The van der Waals surface area contributed by atoms with Gasteiger partial charge in [-0.15, -0.1) is 0 Å². The SMILES string of the molecule is CCC(C(=O)O)n1c(C)c(N)ccc1=O. The van der Waals surface area contributed by atoms with Crippen LogP contribution in [-0.2, 0) is 4.79 Å². The van der Waals surface area contributed by atoms with Gasteiger partial charge in [-0.25, -0.2) is 4.79 Å². The van der Waals surface area contributed by atoms with Gasteiger partial charge in [0.2, 0.25) is 0 Å². The van der Waals surface area contributed by atoms with Crippen molar-refractivity contribution in [3.8, 4) is 0 Å². The molecule has 1 unspecified atom stereocenters. The molecule has 0 bridgehead atoms. The van der Waals surface area contributed by atoms with E-state index in [0.717, 1.165) is 0 Å². The number of carboxylic acid groups (broad SMARTS) is 1. The number of pyridine rings is 1. The highest BCUT2D eigenvalue weighted by molar-refractivity contribution is 5.72. The van der Waals surface area contributed by atoms with Crippen LogP contribution < -0.4 is 11.3 Å². The highest BCUT2D eigenvalue weighted by Crippen LogP contribution is 2.15. The largest absolute Gasteiger partial charge is 0.480 e. The number of rotatable bonds is 3. The summed E-state index contributed by atoms with van der Waals surface area (Å²) in [7, 11) is 0. The summed E-state index contributed by atoms with van der Waals surface area (Å²) in [6.45, 7) is 3.36. The van der Waals surface area contributed by atoms with Gasteiger partial charge in [0.15, 0.2) is 0 Å². The zero-order chi connectivity index (χ0) is 11.6. The fourth-order valence-corrected chi connectivity index (χ4v) is 1.52. The highest BCUT2D eigenvalue weighted by Gasteiger charge is 2.20. The molecule has 3 N–H and O–H groups in total. The number of hydrogen-bond donors (Lipinski definition) is 2. The molecule has 5 nitrogen and oxygen atoms in total. The normalized spacial score (nSPS) is 12.4. The molecule has 1 aromatic heterocycles. The molecule has 15 heavy (non-hydrogen) atoms. The molecule has 0 saturated heterocycles. The number of anilines is 1. The number of nitrogen functional groups attached to an aromatic ring is 1. The molecular formula is C10H14N2O3. The van der Waals surface area contributed by atoms with Crippen LogP contribution in [0.3, 0.4) is 0 Å². The summed E-state index contributed by atoms with van der Waals surface area (Å²) < 4.78 is 1.22. The summed E-state index contributed by atoms with van der Waals surface area (Å²) >= 11 is 0. The Kier molecular flexibility index (Phi) is 3.14. The molecule has 0 aromatic carbocycles. The van der Waals surface area contributed by atoms with Crippen LogP contribution in [0.15, 0.2) is 16.9 Å². The van der Waals surface area contributed by atoms with Gasteiger partial charge in [-0.05, 0) is 19.4 Å². The van der Waals surface area contributed by atoms with Gasteiger partial charge in [-0.2, -0.15) is 0 Å². The molecule has 1 aromatic rings. The molecule has 0 aliphatic rings. The van der Waals surface area contributed by atoms with Crippen molar-refractivity contribution in [2.45, 2.75) is 26.3 Å². The van der Waals surface area contributed by atoms with Gasteiger partial charge in [-0.1, -0.05) is 6.92 Å². The van der Waals surface area contributed by atoms with Crippen LogP contribution in [0.4, 0.5) is 5.69 Å². The molecule has 0 saturated carbocycles. The van der Waals surface area contributed by atoms with Gasteiger partial charge < -0.3 is 10.8 Å².